The molecule has 13 heteroatoms. The molecule has 3 aliphatic heterocycles. The van der Waals surface area contributed by atoms with E-state index in [0.717, 1.165) is 23.5 Å². The van der Waals surface area contributed by atoms with Crippen molar-refractivity contribution in [3.8, 4) is 5.75 Å². The number of nitrogens with zero attached hydrogens (tertiary/aromatic N) is 4. The summed E-state index contributed by atoms with van der Waals surface area (Å²) in [7, 11) is 3.20. The molecule has 6 rings (SSSR count). The van der Waals surface area contributed by atoms with E-state index in [-0.39, 0.29) is 43.7 Å². The summed E-state index contributed by atoms with van der Waals surface area (Å²) >= 11 is 0. The third-order valence-electron chi connectivity index (χ3n) is 9.48. The van der Waals surface area contributed by atoms with Crippen molar-refractivity contribution in [2.45, 2.75) is 57.2 Å². The number of likely N-dealkylation sites (tertiary alicyclic amines) is 1. The number of rotatable bonds is 6. The molecule has 1 saturated carbocycles. The van der Waals surface area contributed by atoms with Gasteiger partial charge in [-0.05, 0) is 48.1 Å². The van der Waals surface area contributed by atoms with Crippen LogP contribution in [0, 0.1) is 11.3 Å². The second-order valence-electron chi connectivity index (χ2n) is 12.2. The van der Waals surface area contributed by atoms with Crippen LogP contribution in [-0.4, -0.2) is 91.7 Å². The van der Waals surface area contributed by atoms with E-state index in [1.807, 2.05) is 12.1 Å². The Kier molecular flexibility index (Phi) is 8.75. The molecule has 0 spiro atoms. The fourth-order valence-electron chi connectivity index (χ4n) is 7.05. The van der Waals surface area contributed by atoms with Gasteiger partial charge in [0.15, 0.2) is 0 Å². The molecule has 1 aliphatic carbocycles. The average Bonchev–Trinajstić information content (AvgIpc) is 3.58. The van der Waals surface area contributed by atoms with Gasteiger partial charge in [0.1, 0.15) is 18.5 Å². The molecule has 10 nitrogen and oxygen atoms in total. The first-order valence-electron chi connectivity index (χ1n) is 15.1. The molecular formula is C32H37F3N4O6. The summed E-state index contributed by atoms with van der Waals surface area (Å²) < 4.78 is 62.3. The summed E-state index contributed by atoms with van der Waals surface area (Å²) in [6, 6.07) is 8.20. The second kappa shape index (κ2) is 12.6. The maximum atomic E-state index is 14.5. The molecule has 2 aromatic rings. The van der Waals surface area contributed by atoms with Crippen molar-refractivity contribution in [2.24, 2.45) is 16.3 Å². The third kappa shape index (κ3) is 6.37. The topological polar surface area (TPSA) is 103 Å². The first-order chi connectivity index (χ1) is 21.6. The lowest BCUT2D eigenvalue weighted by atomic mass is 9.79. The van der Waals surface area contributed by atoms with E-state index in [9.17, 15) is 22.8 Å². The number of halogens is 3. The standard InChI is InChI=1S/C32H37F3N4O6/c1-42-25-5-3-20(4-6-25)17-45-30(41)39-16-23-12-24(37-27-8-10-44-18-28(27)43-2)13-31(23,19-39)29(40)38-9-7-26-21(15-38)11-22(14-36-26)32(33,34)35/h3-6,11,14,23,27-28H,7-10,12-13,15-19H2,1-2H3/t23-,27?,28?,31-/m0/s1. The number of aliphatic imine (C=N–C) groups is 1. The molecule has 3 fully saturated rings. The number of ether oxygens (including phenoxy) is 4. The van der Waals surface area contributed by atoms with Gasteiger partial charge in [-0.2, -0.15) is 13.2 Å². The van der Waals surface area contributed by atoms with E-state index in [1.54, 1.807) is 36.2 Å². The fourth-order valence-corrected chi connectivity index (χ4v) is 7.05. The number of carbonyl (C=O) groups is 2. The van der Waals surface area contributed by atoms with Gasteiger partial charge in [0.05, 0.1) is 30.7 Å². The fraction of sp³-hybridized carbons (Fsp3) is 0.562. The van der Waals surface area contributed by atoms with Crippen molar-refractivity contribution in [3.63, 3.8) is 0 Å². The predicted octanol–water partition coefficient (Wildman–Crippen LogP) is 4.29. The highest BCUT2D eigenvalue weighted by atomic mass is 19.4. The van der Waals surface area contributed by atoms with E-state index < -0.39 is 23.2 Å². The van der Waals surface area contributed by atoms with E-state index in [4.69, 9.17) is 23.9 Å². The van der Waals surface area contributed by atoms with Crippen LogP contribution in [0.5, 0.6) is 5.75 Å². The van der Waals surface area contributed by atoms with Crippen molar-refractivity contribution in [3.05, 3.63) is 58.9 Å². The molecule has 2 saturated heterocycles. The number of pyridine rings is 1. The molecule has 0 radical (unpaired) electrons. The minimum absolute atomic E-state index is 0.0274. The Morgan fingerprint density at radius 2 is 1.98 bits per heavy atom. The van der Waals surface area contributed by atoms with Crippen LogP contribution in [0.2, 0.25) is 0 Å². The number of alkyl halides is 3. The Bertz CT molecular complexity index is 1450. The van der Waals surface area contributed by atoms with Crippen LogP contribution in [0.4, 0.5) is 18.0 Å². The number of amides is 2. The summed E-state index contributed by atoms with van der Waals surface area (Å²) in [6.07, 6.45) is -2.43. The summed E-state index contributed by atoms with van der Waals surface area (Å²) in [5.74, 6) is 0.305. The van der Waals surface area contributed by atoms with Gasteiger partial charge in [0.2, 0.25) is 5.91 Å². The first-order valence-corrected chi connectivity index (χ1v) is 15.1. The molecule has 1 aromatic heterocycles. The Balaban J connectivity index is 1.22. The Morgan fingerprint density at radius 1 is 1.18 bits per heavy atom. The molecule has 4 atom stereocenters. The van der Waals surface area contributed by atoms with E-state index in [2.05, 4.69) is 4.98 Å². The Morgan fingerprint density at radius 3 is 2.71 bits per heavy atom. The summed E-state index contributed by atoms with van der Waals surface area (Å²) in [5.41, 5.74) is 0.854. The van der Waals surface area contributed by atoms with Crippen LogP contribution < -0.4 is 4.74 Å². The average molecular weight is 631 g/mol. The summed E-state index contributed by atoms with van der Waals surface area (Å²) in [5, 5.41) is 0. The molecule has 0 bridgehead atoms. The molecule has 1 aromatic carbocycles. The SMILES string of the molecule is COc1ccc(COC(=O)N2C[C@@H]3CC(=NC4CCOCC4OC)C[C@]3(C(=O)N3CCc4ncc(C(F)(F)F)cc4C3)C2)cc1. The largest absolute Gasteiger partial charge is 0.497 e. The zero-order valence-electron chi connectivity index (χ0n) is 25.3. The molecule has 242 valence electrons. The third-order valence-corrected chi connectivity index (χ3v) is 9.48. The quantitative estimate of drug-likeness (QED) is 0.470. The molecule has 45 heavy (non-hydrogen) atoms. The lowest BCUT2D eigenvalue weighted by molar-refractivity contribution is -0.143. The lowest BCUT2D eigenvalue weighted by Crippen LogP contribution is -2.49. The zero-order valence-corrected chi connectivity index (χ0v) is 25.3. The molecule has 0 N–H and O–H groups in total. The number of benzene rings is 1. The molecule has 4 heterocycles. The highest BCUT2D eigenvalue weighted by Crippen LogP contribution is 2.50. The number of carbonyl (C=O) groups excluding carboxylic acids is 2. The number of methoxy groups -OCH3 is 2. The van der Waals surface area contributed by atoms with Gasteiger partial charge in [-0.1, -0.05) is 12.1 Å². The van der Waals surface area contributed by atoms with Gasteiger partial charge >= 0.3 is 12.3 Å². The van der Waals surface area contributed by atoms with Crippen LogP contribution in [0.25, 0.3) is 0 Å². The van der Waals surface area contributed by atoms with Gasteiger partial charge < -0.3 is 28.7 Å². The normalized spacial score (nSPS) is 27.3. The Hall–Kier alpha value is -3.71. The minimum atomic E-state index is -4.53. The maximum absolute atomic E-state index is 14.5. The zero-order chi connectivity index (χ0) is 31.8. The van der Waals surface area contributed by atoms with Crippen LogP contribution >= 0.6 is 0 Å². The van der Waals surface area contributed by atoms with Crippen molar-refractivity contribution in [2.75, 3.05) is 47.1 Å². The second-order valence-corrected chi connectivity index (χ2v) is 12.2. The number of aromatic nitrogens is 1. The molecule has 2 amide bonds. The van der Waals surface area contributed by atoms with Crippen LogP contribution in [-0.2, 0) is 44.8 Å². The lowest BCUT2D eigenvalue weighted by Gasteiger charge is -2.36. The predicted molar refractivity (Wildman–Crippen MR) is 156 cm³/mol. The summed E-state index contributed by atoms with van der Waals surface area (Å²) in [4.78, 5) is 40.0. The molecule has 2 unspecified atom stereocenters. The number of hydrogen-bond acceptors (Lipinski definition) is 8. The van der Waals surface area contributed by atoms with Crippen molar-refractivity contribution >= 4 is 17.7 Å². The van der Waals surface area contributed by atoms with Crippen LogP contribution in [0.1, 0.15) is 41.6 Å². The summed E-state index contributed by atoms with van der Waals surface area (Å²) in [6.45, 7) is 1.90. The van der Waals surface area contributed by atoms with Gasteiger partial charge in [0.25, 0.3) is 0 Å². The van der Waals surface area contributed by atoms with E-state index in [1.165, 1.54) is 0 Å². The highest BCUT2D eigenvalue weighted by molar-refractivity contribution is 5.98. The number of hydrogen-bond donors (Lipinski definition) is 0. The van der Waals surface area contributed by atoms with Gasteiger partial charge in [-0.3, -0.25) is 14.8 Å². The molecule has 4 aliphatic rings. The van der Waals surface area contributed by atoms with Crippen molar-refractivity contribution in [1.29, 1.82) is 0 Å². The Labute approximate surface area is 259 Å². The maximum Gasteiger partial charge on any atom is 0.417 e. The van der Waals surface area contributed by atoms with E-state index in [0.29, 0.717) is 69.0 Å². The molecular weight excluding hydrogens is 593 g/mol. The van der Waals surface area contributed by atoms with Crippen LogP contribution in [0.3, 0.4) is 0 Å². The smallest absolute Gasteiger partial charge is 0.417 e. The van der Waals surface area contributed by atoms with Gasteiger partial charge in [-0.15, -0.1) is 0 Å². The van der Waals surface area contributed by atoms with Gasteiger partial charge in [0, 0.05) is 70.3 Å². The first kappa shape index (κ1) is 31.3. The van der Waals surface area contributed by atoms with Crippen molar-refractivity contribution < 1.29 is 41.7 Å². The number of fused-ring (bicyclic) bond motifs is 2. The monoisotopic (exact) mass is 630 g/mol. The van der Waals surface area contributed by atoms with Crippen molar-refractivity contribution in [1.82, 2.24) is 14.8 Å². The van der Waals surface area contributed by atoms with Gasteiger partial charge in [-0.25, -0.2) is 4.79 Å². The highest BCUT2D eigenvalue weighted by Gasteiger charge is 2.59. The van der Waals surface area contributed by atoms with E-state index >= 15 is 0 Å². The van der Waals surface area contributed by atoms with Crippen LogP contribution in [0.15, 0.2) is 41.5 Å². The minimum Gasteiger partial charge on any atom is -0.497 e.